The highest BCUT2D eigenvalue weighted by Gasteiger charge is 2.29. The van der Waals surface area contributed by atoms with Crippen LogP contribution < -0.4 is 10.0 Å². The molecule has 7 heteroatoms. The molecule has 1 aliphatic heterocycles. The molecular weight excluding hydrogens is 326 g/mol. The molecule has 6 nitrogen and oxygen atoms in total. The van der Waals surface area contributed by atoms with E-state index in [2.05, 4.69) is 37.6 Å². The average molecular weight is 349 g/mol. The summed E-state index contributed by atoms with van der Waals surface area (Å²) in [6, 6.07) is 5.26. The number of sulfonamides is 1. The third-order valence-electron chi connectivity index (χ3n) is 4.33. The Hall–Kier alpha value is -1.86. The van der Waals surface area contributed by atoms with Crippen molar-refractivity contribution in [3.05, 3.63) is 41.6 Å². The first-order valence-electron chi connectivity index (χ1n) is 7.93. The molecule has 2 heterocycles. The van der Waals surface area contributed by atoms with Crippen molar-refractivity contribution in [1.82, 2.24) is 4.98 Å². The van der Waals surface area contributed by atoms with Gasteiger partial charge in [-0.25, -0.2) is 18.5 Å². The van der Waals surface area contributed by atoms with Gasteiger partial charge in [0, 0.05) is 17.1 Å². The number of fused-ring (bicyclic) bond motifs is 1. The quantitative estimate of drug-likeness (QED) is 0.920. The van der Waals surface area contributed by atoms with E-state index >= 15 is 0 Å². The molecule has 0 saturated heterocycles. The van der Waals surface area contributed by atoms with Crippen molar-refractivity contribution in [2.75, 3.05) is 4.90 Å². The van der Waals surface area contributed by atoms with Gasteiger partial charge in [-0.3, -0.25) is 0 Å². The zero-order valence-electron chi connectivity index (χ0n) is 14.4. The van der Waals surface area contributed by atoms with Gasteiger partial charge in [0.05, 0.1) is 17.6 Å². The highest BCUT2D eigenvalue weighted by atomic mass is 32.2. The van der Waals surface area contributed by atoms with E-state index in [4.69, 9.17) is 9.56 Å². The summed E-state index contributed by atoms with van der Waals surface area (Å²) >= 11 is 0. The molecule has 1 aromatic heterocycles. The van der Waals surface area contributed by atoms with Gasteiger partial charge in [0.15, 0.2) is 0 Å². The van der Waals surface area contributed by atoms with Crippen LogP contribution in [0.1, 0.15) is 44.9 Å². The molecule has 24 heavy (non-hydrogen) atoms. The summed E-state index contributed by atoms with van der Waals surface area (Å²) in [7, 11) is -3.68. The smallest absolute Gasteiger partial charge is 0.238 e. The van der Waals surface area contributed by atoms with Gasteiger partial charge < -0.3 is 9.32 Å². The van der Waals surface area contributed by atoms with Crippen LogP contribution in [0, 0.1) is 0 Å². The first-order chi connectivity index (χ1) is 11.1. The molecule has 0 aliphatic carbocycles. The second-order valence-corrected chi connectivity index (χ2v) is 8.95. The van der Waals surface area contributed by atoms with Crippen LogP contribution in [0.25, 0.3) is 0 Å². The van der Waals surface area contributed by atoms with Crippen LogP contribution in [-0.4, -0.2) is 19.4 Å². The van der Waals surface area contributed by atoms with E-state index < -0.39 is 10.0 Å². The van der Waals surface area contributed by atoms with Gasteiger partial charge in [-0.15, -0.1) is 0 Å². The molecule has 1 atom stereocenters. The van der Waals surface area contributed by atoms with E-state index in [9.17, 15) is 8.42 Å². The number of anilines is 1. The maximum atomic E-state index is 11.5. The van der Waals surface area contributed by atoms with E-state index in [-0.39, 0.29) is 16.4 Å². The van der Waals surface area contributed by atoms with Crippen LogP contribution >= 0.6 is 0 Å². The van der Waals surface area contributed by atoms with Gasteiger partial charge in [-0.1, -0.05) is 20.8 Å². The Balaban J connectivity index is 1.88. The lowest BCUT2D eigenvalue weighted by Crippen LogP contribution is -2.28. The zero-order valence-corrected chi connectivity index (χ0v) is 15.2. The number of oxazole rings is 1. The Kier molecular flexibility index (Phi) is 3.96. The fraction of sp³-hybridized carbons (Fsp3) is 0.471. The highest BCUT2D eigenvalue weighted by molar-refractivity contribution is 7.89. The van der Waals surface area contributed by atoms with E-state index in [1.807, 2.05) is 6.07 Å². The van der Waals surface area contributed by atoms with Gasteiger partial charge in [0.25, 0.3) is 0 Å². The Morgan fingerprint density at radius 2 is 2.08 bits per heavy atom. The van der Waals surface area contributed by atoms with E-state index in [1.54, 1.807) is 18.3 Å². The lowest BCUT2D eigenvalue weighted by Gasteiger charge is -2.23. The summed E-state index contributed by atoms with van der Waals surface area (Å²) in [4.78, 5) is 6.72. The van der Waals surface area contributed by atoms with Crippen molar-refractivity contribution in [3.8, 4) is 0 Å². The second-order valence-electron chi connectivity index (χ2n) is 7.38. The van der Waals surface area contributed by atoms with E-state index in [1.165, 1.54) is 0 Å². The first-order valence-corrected chi connectivity index (χ1v) is 9.48. The van der Waals surface area contributed by atoms with Crippen LogP contribution in [0.5, 0.6) is 0 Å². The fourth-order valence-electron chi connectivity index (χ4n) is 2.97. The average Bonchev–Trinajstić information content (AvgIpc) is 3.03. The minimum atomic E-state index is -3.68. The number of hydrogen-bond donors (Lipinski definition) is 1. The maximum absolute atomic E-state index is 11.5. The molecule has 2 aromatic rings. The number of primary sulfonamides is 1. The van der Waals surface area contributed by atoms with Crippen LogP contribution in [0.3, 0.4) is 0 Å². The molecule has 0 amide bonds. The van der Waals surface area contributed by atoms with Gasteiger partial charge in [-0.2, -0.15) is 0 Å². The van der Waals surface area contributed by atoms with Gasteiger partial charge >= 0.3 is 0 Å². The standard InChI is InChI=1S/C17H23N3O3S/c1-11-7-12-8-13(24(18,21)22)5-6-14(12)20(11)10-16-19-9-15(23-16)17(2,3)4/h5-6,8-9,11H,7,10H2,1-4H3,(H2,18,21,22)/t11-/m0/s1. The van der Waals surface area contributed by atoms with Crippen molar-refractivity contribution in [3.63, 3.8) is 0 Å². The fourth-order valence-corrected chi connectivity index (χ4v) is 3.53. The van der Waals surface area contributed by atoms with Crippen molar-refractivity contribution in [1.29, 1.82) is 0 Å². The Labute approximate surface area is 142 Å². The monoisotopic (exact) mass is 349 g/mol. The van der Waals surface area contributed by atoms with Gasteiger partial charge in [0.2, 0.25) is 15.9 Å². The summed E-state index contributed by atoms with van der Waals surface area (Å²) in [5, 5.41) is 5.22. The number of hydrogen-bond acceptors (Lipinski definition) is 5. The molecule has 1 aliphatic rings. The van der Waals surface area contributed by atoms with Crippen molar-refractivity contribution in [2.45, 2.75) is 57.0 Å². The largest absolute Gasteiger partial charge is 0.443 e. The van der Waals surface area contributed by atoms with Crippen molar-refractivity contribution >= 4 is 15.7 Å². The van der Waals surface area contributed by atoms with Gasteiger partial charge in [0.1, 0.15) is 5.76 Å². The summed E-state index contributed by atoms with van der Waals surface area (Å²) in [6.45, 7) is 8.91. The Morgan fingerprint density at radius 1 is 1.38 bits per heavy atom. The minimum Gasteiger partial charge on any atom is -0.443 e. The molecule has 1 aromatic carbocycles. The number of nitrogens with two attached hydrogens (primary N) is 1. The molecule has 130 valence electrons. The molecule has 3 rings (SSSR count). The molecule has 0 fully saturated rings. The molecule has 2 N–H and O–H groups in total. The molecular formula is C17H23N3O3S. The number of benzene rings is 1. The first kappa shape index (κ1) is 17.0. The molecule has 0 bridgehead atoms. The molecule has 0 radical (unpaired) electrons. The lowest BCUT2D eigenvalue weighted by molar-refractivity contribution is 0.378. The third-order valence-corrected chi connectivity index (χ3v) is 5.25. The molecule has 0 unspecified atom stereocenters. The normalized spacial score (nSPS) is 18.0. The second kappa shape index (κ2) is 5.60. The lowest BCUT2D eigenvalue weighted by atomic mass is 9.94. The number of rotatable bonds is 3. The molecule has 0 saturated carbocycles. The van der Waals surface area contributed by atoms with Crippen molar-refractivity contribution in [2.24, 2.45) is 5.14 Å². The van der Waals surface area contributed by atoms with Gasteiger partial charge in [-0.05, 0) is 37.1 Å². The predicted octanol–water partition coefficient (Wildman–Crippen LogP) is 2.57. The third kappa shape index (κ3) is 3.18. The summed E-state index contributed by atoms with van der Waals surface area (Å²) in [5.41, 5.74) is 1.91. The minimum absolute atomic E-state index is 0.0792. The van der Waals surface area contributed by atoms with Crippen LogP contribution in [0.2, 0.25) is 0 Å². The van der Waals surface area contributed by atoms with E-state index in [0.29, 0.717) is 12.4 Å². The van der Waals surface area contributed by atoms with Crippen molar-refractivity contribution < 1.29 is 12.8 Å². The Morgan fingerprint density at radius 3 is 2.67 bits per heavy atom. The predicted molar refractivity (Wildman–Crippen MR) is 92.4 cm³/mol. The summed E-state index contributed by atoms with van der Waals surface area (Å²) in [5.74, 6) is 1.52. The zero-order chi connectivity index (χ0) is 17.7. The van der Waals surface area contributed by atoms with E-state index in [0.717, 1.165) is 23.4 Å². The van der Waals surface area contributed by atoms with Crippen LogP contribution in [-0.2, 0) is 28.4 Å². The number of nitrogens with zero attached hydrogens (tertiary/aromatic N) is 2. The maximum Gasteiger partial charge on any atom is 0.238 e. The topological polar surface area (TPSA) is 89.4 Å². The summed E-state index contributed by atoms with van der Waals surface area (Å²) < 4.78 is 28.9. The molecule has 0 spiro atoms. The van der Waals surface area contributed by atoms with Crippen LogP contribution in [0.15, 0.2) is 33.7 Å². The highest BCUT2D eigenvalue weighted by Crippen LogP contribution is 2.35. The SMILES string of the molecule is C[C@H]1Cc2cc(S(N)(=O)=O)ccc2N1Cc1ncc(C(C)(C)C)o1. The van der Waals surface area contributed by atoms with Crippen LogP contribution in [0.4, 0.5) is 5.69 Å². The Bertz CT molecular complexity index is 865. The summed E-state index contributed by atoms with van der Waals surface area (Å²) in [6.07, 6.45) is 2.55. The number of aromatic nitrogens is 1.